The first-order valence-corrected chi connectivity index (χ1v) is 11.3. The molecular weight excluding hydrogens is 378 g/mol. The fraction of sp³-hybridized carbons (Fsp3) is 0.609. The Morgan fingerprint density at radius 3 is 2.87 bits per heavy atom. The first-order chi connectivity index (χ1) is 14.7. The molecule has 0 spiro atoms. The van der Waals surface area contributed by atoms with Gasteiger partial charge in [0.05, 0.1) is 12.5 Å². The molecular formula is C23H33N5O2. The number of hydrogen-bond donors (Lipinski definition) is 1. The van der Waals surface area contributed by atoms with Crippen LogP contribution in [0.25, 0.3) is 11.4 Å². The summed E-state index contributed by atoms with van der Waals surface area (Å²) in [6.07, 6.45) is 5.64. The highest BCUT2D eigenvalue weighted by molar-refractivity contribution is 5.78. The smallest absolute Gasteiger partial charge is 0.241 e. The molecule has 7 heteroatoms. The molecule has 0 saturated carbocycles. The number of rotatable bonds is 8. The van der Waals surface area contributed by atoms with Crippen LogP contribution >= 0.6 is 0 Å². The summed E-state index contributed by atoms with van der Waals surface area (Å²) in [4.78, 5) is 21.9. The maximum absolute atomic E-state index is 12.6. The van der Waals surface area contributed by atoms with Crippen molar-refractivity contribution in [1.82, 2.24) is 25.3 Å². The van der Waals surface area contributed by atoms with Crippen LogP contribution in [0, 0.1) is 12.8 Å². The molecule has 2 saturated heterocycles. The molecule has 7 nitrogen and oxygen atoms in total. The summed E-state index contributed by atoms with van der Waals surface area (Å²) in [5.74, 6) is 1.47. The van der Waals surface area contributed by atoms with E-state index in [-0.39, 0.29) is 11.8 Å². The Balaban J connectivity index is 1.23. The lowest BCUT2D eigenvalue weighted by atomic mass is 9.97. The van der Waals surface area contributed by atoms with Crippen LogP contribution < -0.4 is 5.32 Å². The monoisotopic (exact) mass is 411 g/mol. The number of nitrogens with one attached hydrogen (secondary N) is 1. The summed E-state index contributed by atoms with van der Waals surface area (Å²) in [5, 5.41) is 7.28. The lowest BCUT2D eigenvalue weighted by Crippen LogP contribution is -2.43. The van der Waals surface area contributed by atoms with Crippen molar-refractivity contribution in [2.24, 2.45) is 5.92 Å². The highest BCUT2D eigenvalue weighted by Crippen LogP contribution is 2.21. The number of piperidine rings is 1. The molecule has 1 N–H and O–H groups in total. The number of likely N-dealkylation sites (tertiary alicyclic amines) is 2. The van der Waals surface area contributed by atoms with E-state index in [4.69, 9.17) is 4.52 Å². The van der Waals surface area contributed by atoms with Crippen LogP contribution in [0.15, 0.2) is 28.8 Å². The van der Waals surface area contributed by atoms with Crippen LogP contribution in [0.2, 0.25) is 0 Å². The van der Waals surface area contributed by atoms with Gasteiger partial charge in [0.2, 0.25) is 17.6 Å². The van der Waals surface area contributed by atoms with Crippen molar-refractivity contribution >= 4 is 5.91 Å². The molecule has 0 bridgehead atoms. The van der Waals surface area contributed by atoms with Crippen molar-refractivity contribution in [2.45, 2.75) is 45.6 Å². The van der Waals surface area contributed by atoms with Gasteiger partial charge in [-0.15, -0.1) is 0 Å². The summed E-state index contributed by atoms with van der Waals surface area (Å²) in [6, 6.07) is 8.10. The summed E-state index contributed by atoms with van der Waals surface area (Å²) in [7, 11) is 0. The number of hydrogen-bond acceptors (Lipinski definition) is 6. The molecule has 0 radical (unpaired) electrons. The van der Waals surface area contributed by atoms with E-state index in [1.54, 1.807) is 0 Å². The fourth-order valence-electron chi connectivity index (χ4n) is 4.49. The van der Waals surface area contributed by atoms with E-state index in [1.807, 2.05) is 12.1 Å². The van der Waals surface area contributed by atoms with E-state index in [0.29, 0.717) is 18.3 Å². The normalized spacial score (nSPS) is 20.5. The Morgan fingerprint density at radius 1 is 1.20 bits per heavy atom. The van der Waals surface area contributed by atoms with E-state index in [2.05, 4.69) is 44.3 Å². The van der Waals surface area contributed by atoms with E-state index in [9.17, 15) is 4.79 Å². The van der Waals surface area contributed by atoms with Gasteiger partial charge in [0.25, 0.3) is 0 Å². The van der Waals surface area contributed by atoms with Gasteiger partial charge in [-0.05, 0) is 71.3 Å². The van der Waals surface area contributed by atoms with E-state index in [1.165, 1.54) is 31.5 Å². The van der Waals surface area contributed by atoms with Crippen molar-refractivity contribution in [2.75, 3.05) is 39.3 Å². The summed E-state index contributed by atoms with van der Waals surface area (Å²) in [6.45, 7) is 8.65. The minimum absolute atomic E-state index is 0.0460. The number of carbonyl (C=O) groups excluding carboxylic acids is 1. The van der Waals surface area contributed by atoms with Gasteiger partial charge in [-0.25, -0.2) is 0 Å². The molecule has 1 unspecified atom stereocenters. The van der Waals surface area contributed by atoms with Gasteiger partial charge in [0.15, 0.2) is 0 Å². The van der Waals surface area contributed by atoms with Crippen LogP contribution in [0.4, 0.5) is 0 Å². The van der Waals surface area contributed by atoms with Crippen molar-refractivity contribution in [1.29, 1.82) is 0 Å². The van der Waals surface area contributed by atoms with Gasteiger partial charge >= 0.3 is 0 Å². The summed E-state index contributed by atoms with van der Waals surface area (Å²) >= 11 is 0. The predicted molar refractivity (Wildman–Crippen MR) is 116 cm³/mol. The SMILES string of the molecule is Cc1cccc(-c2noc(CN3CCCC(C(=O)NCCCN4CCCC4)C3)n2)c1. The second-order valence-corrected chi connectivity index (χ2v) is 8.65. The summed E-state index contributed by atoms with van der Waals surface area (Å²) < 4.78 is 5.48. The van der Waals surface area contributed by atoms with Crippen molar-refractivity contribution in [3.8, 4) is 11.4 Å². The van der Waals surface area contributed by atoms with Gasteiger partial charge in [-0.2, -0.15) is 4.98 Å². The molecule has 0 aliphatic carbocycles. The third-order valence-corrected chi connectivity index (χ3v) is 6.13. The first kappa shape index (κ1) is 21.0. The Bertz CT molecular complexity index is 831. The average Bonchev–Trinajstić information content (AvgIpc) is 3.43. The topological polar surface area (TPSA) is 74.5 Å². The maximum atomic E-state index is 12.6. The zero-order chi connectivity index (χ0) is 20.8. The zero-order valence-corrected chi connectivity index (χ0v) is 18.0. The number of benzene rings is 1. The van der Waals surface area contributed by atoms with Crippen LogP contribution in [0.1, 0.15) is 43.6 Å². The standard InChI is InChI=1S/C23H33N5O2/c1-18-7-4-8-19(15-18)22-25-21(30-26-22)17-28-13-5-9-20(16-28)23(29)24-10-6-14-27-11-2-3-12-27/h4,7-8,15,20H,2-3,5-6,9-14,16-17H2,1H3,(H,24,29). The third kappa shape index (κ3) is 5.67. The van der Waals surface area contributed by atoms with Crippen LogP contribution in [-0.4, -0.2) is 65.1 Å². The Labute approximate surface area is 178 Å². The molecule has 1 aromatic heterocycles. The minimum Gasteiger partial charge on any atom is -0.356 e. The Kier molecular flexibility index (Phi) is 7.12. The fourth-order valence-corrected chi connectivity index (χ4v) is 4.49. The van der Waals surface area contributed by atoms with E-state index < -0.39 is 0 Å². The molecule has 2 aromatic rings. The molecule has 1 amide bonds. The molecule has 2 aliphatic heterocycles. The lowest BCUT2D eigenvalue weighted by molar-refractivity contribution is -0.126. The molecule has 1 atom stereocenters. The molecule has 2 aliphatic rings. The minimum atomic E-state index is 0.0460. The van der Waals surface area contributed by atoms with Crippen LogP contribution in [0.3, 0.4) is 0 Å². The lowest BCUT2D eigenvalue weighted by Gasteiger charge is -2.30. The number of aromatic nitrogens is 2. The van der Waals surface area contributed by atoms with Crippen LogP contribution in [-0.2, 0) is 11.3 Å². The largest absolute Gasteiger partial charge is 0.356 e. The van der Waals surface area contributed by atoms with Crippen LogP contribution in [0.5, 0.6) is 0 Å². The summed E-state index contributed by atoms with van der Waals surface area (Å²) in [5.41, 5.74) is 2.14. The molecule has 162 valence electrons. The average molecular weight is 412 g/mol. The predicted octanol–water partition coefficient (Wildman–Crippen LogP) is 2.86. The molecule has 2 fully saturated rings. The number of aryl methyl sites for hydroxylation is 1. The van der Waals surface area contributed by atoms with Gasteiger partial charge < -0.3 is 14.7 Å². The molecule has 4 rings (SSSR count). The molecule has 3 heterocycles. The highest BCUT2D eigenvalue weighted by atomic mass is 16.5. The number of carbonyl (C=O) groups is 1. The first-order valence-electron chi connectivity index (χ1n) is 11.3. The van der Waals surface area contributed by atoms with Gasteiger partial charge in [0, 0.05) is 18.7 Å². The number of amides is 1. The van der Waals surface area contributed by atoms with Crippen molar-refractivity contribution in [3.05, 3.63) is 35.7 Å². The Hall–Kier alpha value is -2.25. The zero-order valence-electron chi connectivity index (χ0n) is 18.0. The maximum Gasteiger partial charge on any atom is 0.241 e. The second-order valence-electron chi connectivity index (χ2n) is 8.65. The van der Waals surface area contributed by atoms with E-state index >= 15 is 0 Å². The van der Waals surface area contributed by atoms with Crippen molar-refractivity contribution in [3.63, 3.8) is 0 Å². The van der Waals surface area contributed by atoms with Gasteiger partial charge in [-0.3, -0.25) is 9.69 Å². The van der Waals surface area contributed by atoms with E-state index in [0.717, 1.165) is 51.0 Å². The Morgan fingerprint density at radius 2 is 2.03 bits per heavy atom. The highest BCUT2D eigenvalue weighted by Gasteiger charge is 2.26. The quantitative estimate of drug-likeness (QED) is 0.674. The third-order valence-electron chi connectivity index (χ3n) is 6.13. The van der Waals surface area contributed by atoms with Gasteiger partial charge in [-0.1, -0.05) is 28.9 Å². The second kappa shape index (κ2) is 10.2. The molecule has 1 aromatic carbocycles. The molecule has 30 heavy (non-hydrogen) atoms. The van der Waals surface area contributed by atoms with Crippen molar-refractivity contribution < 1.29 is 9.32 Å². The number of nitrogens with zero attached hydrogens (tertiary/aromatic N) is 4. The van der Waals surface area contributed by atoms with Gasteiger partial charge in [0.1, 0.15) is 0 Å².